The molecule has 13 nitrogen and oxygen atoms in total. The van der Waals surface area contributed by atoms with Crippen LogP contribution in [-0.2, 0) is 17.8 Å². The SMILES string of the molecule is OCCn1cc(CNc2ncnc3c2ncn3[C@@H]2O[C@H](CO)[C@@H](O)[C@H]2O)nn1. The first-order chi connectivity index (χ1) is 13.6. The van der Waals surface area contributed by atoms with E-state index in [-0.39, 0.29) is 6.61 Å². The second-order valence-electron chi connectivity index (χ2n) is 6.33. The second kappa shape index (κ2) is 7.73. The van der Waals surface area contributed by atoms with Crippen LogP contribution in [-0.4, -0.2) is 86.5 Å². The van der Waals surface area contributed by atoms with Gasteiger partial charge in [0, 0.05) is 0 Å². The number of fused-ring (bicyclic) bond motifs is 1. The fourth-order valence-electron chi connectivity index (χ4n) is 3.08. The summed E-state index contributed by atoms with van der Waals surface area (Å²) in [5.41, 5.74) is 1.50. The average Bonchev–Trinajstić information content (AvgIpc) is 3.40. The van der Waals surface area contributed by atoms with Gasteiger partial charge in [-0.3, -0.25) is 4.57 Å². The second-order valence-corrected chi connectivity index (χ2v) is 6.33. The van der Waals surface area contributed by atoms with E-state index in [0.29, 0.717) is 35.8 Å². The zero-order chi connectivity index (χ0) is 19.7. The Hall–Kier alpha value is -2.71. The van der Waals surface area contributed by atoms with Crippen LogP contribution >= 0.6 is 0 Å². The molecule has 13 heteroatoms. The lowest BCUT2D eigenvalue weighted by atomic mass is 10.1. The van der Waals surface area contributed by atoms with Crippen molar-refractivity contribution in [2.45, 2.75) is 37.6 Å². The number of nitrogens with zero attached hydrogens (tertiary/aromatic N) is 7. The van der Waals surface area contributed by atoms with Gasteiger partial charge in [0.2, 0.25) is 0 Å². The highest BCUT2D eigenvalue weighted by Crippen LogP contribution is 2.32. The van der Waals surface area contributed by atoms with Gasteiger partial charge in [-0.2, -0.15) is 0 Å². The summed E-state index contributed by atoms with van der Waals surface area (Å²) in [5.74, 6) is 0.451. The largest absolute Gasteiger partial charge is 0.394 e. The fourth-order valence-corrected chi connectivity index (χ4v) is 3.08. The van der Waals surface area contributed by atoms with Gasteiger partial charge in [-0.25, -0.2) is 19.6 Å². The minimum absolute atomic E-state index is 0.0267. The molecule has 5 N–H and O–H groups in total. The molecule has 4 atom stereocenters. The zero-order valence-corrected chi connectivity index (χ0v) is 14.7. The number of imidazole rings is 1. The van der Waals surface area contributed by atoms with Gasteiger partial charge in [0.15, 0.2) is 23.2 Å². The lowest BCUT2D eigenvalue weighted by molar-refractivity contribution is -0.0511. The summed E-state index contributed by atoms with van der Waals surface area (Å²) in [5, 5.41) is 49.4. The Balaban J connectivity index is 1.55. The van der Waals surface area contributed by atoms with E-state index < -0.39 is 31.1 Å². The maximum atomic E-state index is 10.2. The van der Waals surface area contributed by atoms with Gasteiger partial charge in [-0.15, -0.1) is 5.10 Å². The molecule has 0 radical (unpaired) electrons. The Morgan fingerprint density at radius 3 is 2.75 bits per heavy atom. The predicted molar refractivity (Wildman–Crippen MR) is 92.8 cm³/mol. The van der Waals surface area contributed by atoms with Crippen LogP contribution < -0.4 is 5.32 Å². The molecule has 4 rings (SSSR count). The fraction of sp³-hybridized carbons (Fsp3) is 0.533. The Morgan fingerprint density at radius 2 is 2.00 bits per heavy atom. The molecule has 1 fully saturated rings. The molecule has 1 saturated heterocycles. The monoisotopic (exact) mass is 392 g/mol. The smallest absolute Gasteiger partial charge is 0.167 e. The van der Waals surface area contributed by atoms with Crippen molar-refractivity contribution in [3.63, 3.8) is 0 Å². The summed E-state index contributed by atoms with van der Waals surface area (Å²) >= 11 is 0. The number of hydrogen-bond acceptors (Lipinski definition) is 11. The third kappa shape index (κ3) is 3.29. The van der Waals surface area contributed by atoms with E-state index in [4.69, 9.17) is 9.84 Å². The Labute approximate surface area is 158 Å². The van der Waals surface area contributed by atoms with Gasteiger partial charge in [0.25, 0.3) is 0 Å². The van der Waals surface area contributed by atoms with Gasteiger partial charge >= 0.3 is 0 Å². The van der Waals surface area contributed by atoms with Crippen LogP contribution in [0.3, 0.4) is 0 Å². The molecular formula is C15H20N8O5. The topological polar surface area (TPSA) is 176 Å². The van der Waals surface area contributed by atoms with Gasteiger partial charge < -0.3 is 30.5 Å². The van der Waals surface area contributed by atoms with E-state index in [2.05, 4.69) is 30.6 Å². The first-order valence-electron chi connectivity index (χ1n) is 8.66. The summed E-state index contributed by atoms with van der Waals surface area (Å²) in [6, 6.07) is 0. The van der Waals surface area contributed by atoms with E-state index in [1.807, 2.05) is 0 Å². The molecule has 3 aromatic heterocycles. The van der Waals surface area contributed by atoms with Gasteiger partial charge in [-0.05, 0) is 0 Å². The highest BCUT2D eigenvalue weighted by molar-refractivity contribution is 5.82. The van der Waals surface area contributed by atoms with E-state index in [0.717, 1.165) is 0 Å². The molecule has 4 heterocycles. The van der Waals surface area contributed by atoms with Gasteiger partial charge in [0.05, 0.1) is 38.8 Å². The lowest BCUT2D eigenvalue weighted by Crippen LogP contribution is -2.33. The minimum atomic E-state index is -1.23. The first kappa shape index (κ1) is 18.6. The highest BCUT2D eigenvalue weighted by atomic mass is 16.6. The quantitative estimate of drug-likeness (QED) is 0.290. The summed E-state index contributed by atoms with van der Waals surface area (Å²) in [6.45, 7) is 0.249. The number of nitrogens with one attached hydrogen (secondary N) is 1. The molecule has 28 heavy (non-hydrogen) atoms. The highest BCUT2D eigenvalue weighted by Gasteiger charge is 2.44. The summed E-state index contributed by atoms with van der Waals surface area (Å²) in [6.07, 6.45) is 0.210. The van der Waals surface area contributed by atoms with Crippen molar-refractivity contribution in [3.05, 3.63) is 24.5 Å². The number of ether oxygens (including phenoxy) is 1. The van der Waals surface area contributed by atoms with Crippen LogP contribution in [0.2, 0.25) is 0 Å². The maximum absolute atomic E-state index is 10.2. The average molecular weight is 392 g/mol. The predicted octanol–water partition coefficient (Wildman–Crippen LogP) is -2.37. The molecule has 1 aliphatic heterocycles. The van der Waals surface area contributed by atoms with Crippen molar-refractivity contribution in [1.82, 2.24) is 34.5 Å². The zero-order valence-electron chi connectivity index (χ0n) is 14.7. The molecule has 0 aliphatic carbocycles. The van der Waals surface area contributed by atoms with Gasteiger partial charge in [0.1, 0.15) is 30.3 Å². The van der Waals surface area contributed by atoms with Crippen LogP contribution in [0.1, 0.15) is 11.9 Å². The third-order valence-corrected chi connectivity index (χ3v) is 4.50. The normalized spacial score (nSPS) is 24.9. The number of aliphatic hydroxyl groups excluding tert-OH is 4. The summed E-state index contributed by atoms with van der Waals surface area (Å²) < 4.78 is 8.55. The number of rotatable bonds is 7. The Kier molecular flexibility index (Phi) is 5.15. The molecule has 0 aromatic carbocycles. The Bertz CT molecular complexity index is 946. The molecular weight excluding hydrogens is 372 g/mol. The molecule has 0 bridgehead atoms. The van der Waals surface area contributed by atoms with Crippen molar-refractivity contribution >= 4 is 17.0 Å². The van der Waals surface area contributed by atoms with Crippen molar-refractivity contribution in [1.29, 1.82) is 0 Å². The van der Waals surface area contributed by atoms with Crippen LogP contribution in [0.15, 0.2) is 18.9 Å². The van der Waals surface area contributed by atoms with Crippen LogP contribution in [0.4, 0.5) is 5.82 Å². The number of anilines is 1. The van der Waals surface area contributed by atoms with Gasteiger partial charge in [-0.1, -0.05) is 5.21 Å². The van der Waals surface area contributed by atoms with Crippen molar-refractivity contribution < 1.29 is 25.2 Å². The van der Waals surface area contributed by atoms with Crippen molar-refractivity contribution in [3.8, 4) is 0 Å². The summed E-state index contributed by atoms with van der Waals surface area (Å²) in [4.78, 5) is 12.7. The molecule has 150 valence electrons. The number of aromatic nitrogens is 7. The number of aliphatic hydroxyl groups is 4. The number of hydrogen-bond donors (Lipinski definition) is 5. The standard InChI is InChI=1S/C15H20N8O5/c24-2-1-22-4-8(20-21-22)3-16-13-10-14(18-6-17-13)23(7-19-10)15-12(27)11(26)9(5-25)28-15/h4,6-7,9,11-12,15,24-27H,1-3,5H2,(H,16,17,18)/t9-,11-,12-,15-/m1/s1. The van der Waals surface area contributed by atoms with E-state index >= 15 is 0 Å². The molecule has 1 aliphatic rings. The molecule has 0 unspecified atom stereocenters. The minimum Gasteiger partial charge on any atom is -0.394 e. The van der Waals surface area contributed by atoms with E-state index in [1.165, 1.54) is 21.9 Å². The maximum Gasteiger partial charge on any atom is 0.167 e. The summed E-state index contributed by atoms with van der Waals surface area (Å²) in [7, 11) is 0. The molecule has 3 aromatic rings. The van der Waals surface area contributed by atoms with Crippen LogP contribution in [0, 0.1) is 0 Å². The molecule has 0 saturated carbocycles. The van der Waals surface area contributed by atoms with Crippen LogP contribution in [0.25, 0.3) is 11.2 Å². The van der Waals surface area contributed by atoms with Crippen molar-refractivity contribution in [2.24, 2.45) is 0 Å². The molecule has 0 amide bonds. The van der Waals surface area contributed by atoms with Crippen LogP contribution in [0.5, 0.6) is 0 Å². The Morgan fingerprint density at radius 1 is 1.14 bits per heavy atom. The van der Waals surface area contributed by atoms with E-state index in [1.54, 1.807) is 6.20 Å². The first-order valence-corrected chi connectivity index (χ1v) is 8.66. The van der Waals surface area contributed by atoms with E-state index in [9.17, 15) is 15.3 Å². The third-order valence-electron chi connectivity index (χ3n) is 4.50. The molecule has 0 spiro atoms. The van der Waals surface area contributed by atoms with Crippen molar-refractivity contribution in [2.75, 3.05) is 18.5 Å². The lowest BCUT2D eigenvalue weighted by Gasteiger charge is -2.16.